The van der Waals surface area contributed by atoms with Gasteiger partial charge in [-0.1, -0.05) is 0 Å². The van der Waals surface area contributed by atoms with E-state index in [0.29, 0.717) is 6.61 Å². The minimum atomic E-state index is -0.357. The van der Waals surface area contributed by atoms with Crippen molar-refractivity contribution in [1.29, 1.82) is 0 Å². The third kappa shape index (κ3) is 5.60. The van der Waals surface area contributed by atoms with E-state index >= 15 is 0 Å². The molecule has 4 heteroatoms. The maximum Gasteiger partial charge on any atom is 0.312 e. The Morgan fingerprint density at radius 2 is 2.00 bits per heavy atom. The summed E-state index contributed by atoms with van der Waals surface area (Å²) in [6.07, 6.45) is 0. The maximum absolute atomic E-state index is 11.1. The summed E-state index contributed by atoms with van der Waals surface area (Å²) >= 11 is 0. The number of carbonyl (C=O) groups is 1. The molecule has 78 valence electrons. The normalized spacial score (nSPS) is 13.9. The van der Waals surface area contributed by atoms with Gasteiger partial charge in [0.05, 0.1) is 25.2 Å². The summed E-state index contributed by atoms with van der Waals surface area (Å²) in [5.74, 6) is -0.670. The van der Waals surface area contributed by atoms with Gasteiger partial charge in [-0.3, -0.25) is 4.79 Å². The second-order valence-corrected chi connectivity index (χ2v) is 3.88. The van der Waals surface area contributed by atoms with Gasteiger partial charge in [0.15, 0.2) is 0 Å². The Morgan fingerprint density at radius 1 is 1.46 bits per heavy atom. The van der Waals surface area contributed by atoms with Crippen molar-refractivity contribution in [2.45, 2.75) is 26.4 Å². The number of hydrogen-bond donors (Lipinski definition) is 1. The van der Waals surface area contributed by atoms with Crippen LogP contribution >= 0.6 is 0 Å². The Balaban J connectivity index is 3.93. The molecule has 2 N–H and O–H groups in total. The van der Waals surface area contributed by atoms with Crippen LogP contribution in [0.1, 0.15) is 20.8 Å². The number of methoxy groups -OCH3 is 1. The van der Waals surface area contributed by atoms with E-state index in [0.717, 1.165) is 0 Å². The van der Waals surface area contributed by atoms with Crippen molar-refractivity contribution in [2.24, 2.45) is 11.7 Å². The van der Waals surface area contributed by atoms with Crippen molar-refractivity contribution < 1.29 is 14.3 Å². The van der Waals surface area contributed by atoms with Crippen LogP contribution in [0.15, 0.2) is 0 Å². The second-order valence-electron chi connectivity index (χ2n) is 3.88. The Bertz CT molecular complexity index is 163. The lowest BCUT2D eigenvalue weighted by atomic mass is 10.1. The number of esters is 1. The highest BCUT2D eigenvalue weighted by Crippen LogP contribution is 2.09. The van der Waals surface area contributed by atoms with Gasteiger partial charge in [-0.15, -0.1) is 0 Å². The number of nitrogens with two attached hydrogens (primary N) is 1. The second kappa shape index (κ2) is 5.19. The lowest BCUT2D eigenvalue weighted by Gasteiger charge is -2.22. The van der Waals surface area contributed by atoms with Gasteiger partial charge in [-0.2, -0.15) is 0 Å². The molecular weight excluding hydrogens is 170 g/mol. The fourth-order valence-electron chi connectivity index (χ4n) is 0.750. The predicted molar refractivity (Wildman–Crippen MR) is 50.3 cm³/mol. The van der Waals surface area contributed by atoms with Gasteiger partial charge in [-0.25, -0.2) is 0 Å². The first-order valence-corrected chi connectivity index (χ1v) is 4.32. The molecule has 0 amide bonds. The molecule has 0 spiro atoms. The molecular formula is C9H19NO3. The lowest BCUT2D eigenvalue weighted by molar-refractivity contribution is -0.149. The van der Waals surface area contributed by atoms with Gasteiger partial charge in [0.1, 0.15) is 0 Å². The molecule has 0 radical (unpaired) electrons. The topological polar surface area (TPSA) is 61.5 Å². The SMILES string of the molecule is COC(=O)C(CN)COC(C)(C)C. The Morgan fingerprint density at radius 3 is 2.31 bits per heavy atom. The smallest absolute Gasteiger partial charge is 0.312 e. The van der Waals surface area contributed by atoms with Gasteiger partial charge in [-0.05, 0) is 20.8 Å². The molecule has 4 nitrogen and oxygen atoms in total. The quantitative estimate of drug-likeness (QED) is 0.656. The van der Waals surface area contributed by atoms with Gasteiger partial charge in [0.2, 0.25) is 0 Å². The van der Waals surface area contributed by atoms with E-state index in [1.54, 1.807) is 0 Å². The van der Waals surface area contributed by atoms with Crippen molar-refractivity contribution in [2.75, 3.05) is 20.3 Å². The van der Waals surface area contributed by atoms with Crippen LogP contribution in [-0.2, 0) is 14.3 Å². The minimum Gasteiger partial charge on any atom is -0.469 e. The summed E-state index contributed by atoms with van der Waals surface area (Å²) in [4.78, 5) is 11.1. The summed E-state index contributed by atoms with van der Waals surface area (Å²) in [5.41, 5.74) is 5.15. The number of ether oxygens (including phenoxy) is 2. The predicted octanol–water partition coefficient (Wildman–Crippen LogP) is 0.549. The van der Waals surface area contributed by atoms with Crippen LogP contribution in [0.3, 0.4) is 0 Å². The summed E-state index contributed by atoms with van der Waals surface area (Å²) in [6, 6.07) is 0. The maximum atomic E-state index is 11.1. The first-order valence-electron chi connectivity index (χ1n) is 4.32. The molecule has 0 heterocycles. The van der Waals surface area contributed by atoms with Crippen LogP contribution in [0.25, 0.3) is 0 Å². The van der Waals surface area contributed by atoms with Crippen molar-refractivity contribution in [3.63, 3.8) is 0 Å². The molecule has 0 saturated heterocycles. The monoisotopic (exact) mass is 189 g/mol. The third-order valence-electron chi connectivity index (χ3n) is 1.54. The van der Waals surface area contributed by atoms with Crippen molar-refractivity contribution >= 4 is 5.97 Å². The number of hydrogen-bond acceptors (Lipinski definition) is 4. The molecule has 0 aliphatic heterocycles. The summed E-state index contributed by atoms with van der Waals surface area (Å²) < 4.78 is 9.99. The van der Waals surface area contributed by atoms with E-state index in [4.69, 9.17) is 10.5 Å². The van der Waals surface area contributed by atoms with Crippen LogP contribution in [0.4, 0.5) is 0 Å². The van der Waals surface area contributed by atoms with E-state index in [-0.39, 0.29) is 24.0 Å². The van der Waals surface area contributed by atoms with Crippen LogP contribution < -0.4 is 5.73 Å². The van der Waals surface area contributed by atoms with E-state index in [9.17, 15) is 4.79 Å². The lowest BCUT2D eigenvalue weighted by Crippen LogP contribution is -2.33. The average Bonchev–Trinajstić information content (AvgIpc) is 2.03. The standard InChI is InChI=1S/C9H19NO3/c1-9(2,3)13-6-7(5-10)8(11)12-4/h7H,5-6,10H2,1-4H3. The van der Waals surface area contributed by atoms with Gasteiger partial charge < -0.3 is 15.2 Å². The van der Waals surface area contributed by atoms with Crippen LogP contribution in [-0.4, -0.2) is 31.8 Å². The molecule has 13 heavy (non-hydrogen) atoms. The Kier molecular flexibility index (Phi) is 4.95. The highest BCUT2D eigenvalue weighted by atomic mass is 16.5. The Labute approximate surface area is 79.4 Å². The molecule has 1 unspecified atom stereocenters. The number of rotatable bonds is 4. The summed E-state index contributed by atoms with van der Waals surface area (Å²) in [5, 5.41) is 0. The van der Waals surface area contributed by atoms with E-state index in [2.05, 4.69) is 4.74 Å². The molecule has 0 aromatic heterocycles. The highest BCUT2D eigenvalue weighted by Gasteiger charge is 2.20. The zero-order valence-electron chi connectivity index (χ0n) is 8.79. The fourth-order valence-corrected chi connectivity index (χ4v) is 0.750. The molecule has 1 atom stereocenters. The Hall–Kier alpha value is -0.610. The minimum absolute atomic E-state index is 0.249. The van der Waals surface area contributed by atoms with Crippen molar-refractivity contribution in [3.05, 3.63) is 0 Å². The molecule has 0 bridgehead atoms. The van der Waals surface area contributed by atoms with Crippen LogP contribution in [0, 0.1) is 5.92 Å². The van der Waals surface area contributed by atoms with E-state index in [1.165, 1.54) is 7.11 Å². The zero-order valence-corrected chi connectivity index (χ0v) is 8.79. The van der Waals surface area contributed by atoms with Gasteiger partial charge >= 0.3 is 5.97 Å². The van der Waals surface area contributed by atoms with E-state index < -0.39 is 0 Å². The molecule has 0 aliphatic carbocycles. The highest BCUT2D eigenvalue weighted by molar-refractivity contribution is 5.72. The van der Waals surface area contributed by atoms with E-state index in [1.807, 2.05) is 20.8 Å². The third-order valence-corrected chi connectivity index (χ3v) is 1.54. The zero-order chi connectivity index (χ0) is 10.5. The van der Waals surface area contributed by atoms with Gasteiger partial charge in [0.25, 0.3) is 0 Å². The average molecular weight is 189 g/mol. The first-order chi connectivity index (χ1) is 5.90. The molecule has 0 fully saturated rings. The van der Waals surface area contributed by atoms with Crippen molar-refractivity contribution in [1.82, 2.24) is 0 Å². The first kappa shape index (κ1) is 12.4. The van der Waals surface area contributed by atoms with Crippen LogP contribution in [0.2, 0.25) is 0 Å². The summed E-state index contributed by atoms with van der Waals surface area (Å²) in [7, 11) is 1.35. The molecule has 0 rings (SSSR count). The molecule has 0 saturated carbocycles. The number of carbonyl (C=O) groups excluding carboxylic acids is 1. The van der Waals surface area contributed by atoms with Crippen molar-refractivity contribution in [3.8, 4) is 0 Å². The fraction of sp³-hybridized carbons (Fsp3) is 0.889. The van der Waals surface area contributed by atoms with Crippen LogP contribution in [0.5, 0.6) is 0 Å². The largest absolute Gasteiger partial charge is 0.469 e. The molecule has 0 aliphatic rings. The summed E-state index contributed by atoms with van der Waals surface area (Å²) in [6.45, 7) is 6.35. The molecule has 0 aromatic rings. The van der Waals surface area contributed by atoms with Gasteiger partial charge in [0, 0.05) is 6.54 Å². The molecule has 0 aromatic carbocycles.